The van der Waals surface area contributed by atoms with Gasteiger partial charge in [0.05, 0.1) is 18.6 Å². The molecule has 1 aliphatic rings. The molecule has 19 heavy (non-hydrogen) atoms. The average molecular weight is 278 g/mol. The predicted octanol–water partition coefficient (Wildman–Crippen LogP) is 2.02. The van der Waals surface area contributed by atoms with Gasteiger partial charge in [0.1, 0.15) is 0 Å². The van der Waals surface area contributed by atoms with Crippen LogP contribution in [0.1, 0.15) is 12.5 Å². The molecule has 0 spiro atoms. The predicted molar refractivity (Wildman–Crippen MR) is 76.4 cm³/mol. The Kier molecular flexibility index (Phi) is 4.11. The van der Waals surface area contributed by atoms with E-state index in [0.717, 1.165) is 17.3 Å². The van der Waals surface area contributed by atoms with Gasteiger partial charge < -0.3 is 15.2 Å². The summed E-state index contributed by atoms with van der Waals surface area (Å²) in [5.74, 6) is 0.990. The Morgan fingerprint density at radius 1 is 1.42 bits per heavy atom. The van der Waals surface area contributed by atoms with Gasteiger partial charge in [0.15, 0.2) is 16.7 Å². The van der Waals surface area contributed by atoms with Crippen LogP contribution < -0.4 is 15.2 Å². The van der Waals surface area contributed by atoms with Gasteiger partial charge in [-0.05, 0) is 42.5 Å². The van der Waals surface area contributed by atoms with Crippen LogP contribution in [0.4, 0.5) is 0 Å². The van der Waals surface area contributed by atoms with Crippen molar-refractivity contribution in [3.63, 3.8) is 0 Å². The van der Waals surface area contributed by atoms with Gasteiger partial charge in [-0.3, -0.25) is 4.79 Å². The fourth-order valence-corrected chi connectivity index (χ4v) is 2.31. The van der Waals surface area contributed by atoms with E-state index in [4.69, 9.17) is 15.2 Å². The van der Waals surface area contributed by atoms with Gasteiger partial charge in [-0.15, -0.1) is 0 Å². The van der Waals surface area contributed by atoms with Crippen molar-refractivity contribution in [2.24, 2.45) is 10.7 Å². The van der Waals surface area contributed by atoms with Crippen molar-refractivity contribution in [3.8, 4) is 11.5 Å². The quantitative estimate of drug-likeness (QED) is 0.853. The van der Waals surface area contributed by atoms with E-state index in [-0.39, 0.29) is 11.1 Å². The highest BCUT2D eigenvalue weighted by Gasteiger charge is 2.19. The largest absolute Gasteiger partial charge is 0.493 e. The fraction of sp³-hybridized carbons (Fsp3) is 0.231. The van der Waals surface area contributed by atoms with Gasteiger partial charge in [-0.1, -0.05) is 6.07 Å². The number of hydrogen-bond donors (Lipinski definition) is 1. The van der Waals surface area contributed by atoms with Crippen molar-refractivity contribution < 1.29 is 14.3 Å². The van der Waals surface area contributed by atoms with Crippen LogP contribution in [0.25, 0.3) is 6.08 Å². The maximum absolute atomic E-state index is 11.5. The molecule has 1 aromatic carbocycles. The van der Waals surface area contributed by atoms with Crippen LogP contribution >= 0.6 is 11.8 Å². The van der Waals surface area contributed by atoms with E-state index >= 15 is 0 Å². The molecule has 0 unspecified atom stereocenters. The molecule has 0 bridgehead atoms. The molecular formula is C13H14N2O3S. The second-order valence-corrected chi connectivity index (χ2v) is 4.77. The summed E-state index contributed by atoms with van der Waals surface area (Å²) in [5, 5.41) is 0.272. The van der Waals surface area contributed by atoms with Crippen molar-refractivity contribution in [2.75, 3.05) is 13.7 Å². The van der Waals surface area contributed by atoms with Crippen LogP contribution in [0.3, 0.4) is 0 Å². The normalized spacial score (nSPS) is 16.6. The first-order valence-electron chi connectivity index (χ1n) is 5.73. The molecular weight excluding hydrogens is 264 g/mol. The van der Waals surface area contributed by atoms with Crippen LogP contribution in [0.2, 0.25) is 0 Å². The van der Waals surface area contributed by atoms with Crippen LogP contribution in [0.15, 0.2) is 28.1 Å². The minimum Gasteiger partial charge on any atom is -0.493 e. The van der Waals surface area contributed by atoms with Gasteiger partial charge in [0.2, 0.25) is 0 Å². The molecule has 0 aliphatic carbocycles. The second kappa shape index (κ2) is 5.79. The lowest BCUT2D eigenvalue weighted by Crippen LogP contribution is -2.01. The van der Waals surface area contributed by atoms with Crippen molar-refractivity contribution >= 4 is 28.9 Å². The Morgan fingerprint density at radius 2 is 2.21 bits per heavy atom. The Labute approximate surface area is 115 Å². The van der Waals surface area contributed by atoms with Crippen LogP contribution in [0.5, 0.6) is 11.5 Å². The molecule has 0 aromatic heterocycles. The summed E-state index contributed by atoms with van der Waals surface area (Å²) >= 11 is 1.16. The number of amidine groups is 1. The summed E-state index contributed by atoms with van der Waals surface area (Å²) in [5.41, 5.74) is 6.33. The number of carbonyl (C=O) groups is 1. The summed E-state index contributed by atoms with van der Waals surface area (Å²) < 4.78 is 10.7. The zero-order chi connectivity index (χ0) is 13.8. The van der Waals surface area contributed by atoms with Gasteiger partial charge in [-0.2, -0.15) is 4.99 Å². The molecule has 1 amide bonds. The average Bonchev–Trinajstić information content (AvgIpc) is 2.70. The smallest absolute Gasteiger partial charge is 0.286 e. The highest BCUT2D eigenvalue weighted by Crippen LogP contribution is 2.31. The standard InChI is InChI=1S/C13H14N2O3S/c1-3-18-9-5-4-8(6-10(9)17-2)7-11-12(16)15-13(14)19-11/h4-7H,3H2,1-2H3,(H2,14,15,16)/b11-7-. The van der Waals surface area contributed by atoms with E-state index in [1.807, 2.05) is 19.1 Å². The number of benzene rings is 1. The third kappa shape index (κ3) is 3.08. The van der Waals surface area contributed by atoms with E-state index in [1.165, 1.54) is 0 Å². The topological polar surface area (TPSA) is 73.9 Å². The first-order valence-corrected chi connectivity index (χ1v) is 6.54. The van der Waals surface area contributed by atoms with E-state index in [1.54, 1.807) is 19.3 Å². The van der Waals surface area contributed by atoms with Gasteiger partial charge in [0, 0.05) is 0 Å². The summed E-state index contributed by atoms with van der Waals surface area (Å²) in [4.78, 5) is 15.7. The van der Waals surface area contributed by atoms with Crippen molar-refractivity contribution in [1.82, 2.24) is 0 Å². The monoisotopic (exact) mass is 278 g/mol. The van der Waals surface area contributed by atoms with E-state index in [2.05, 4.69) is 4.99 Å². The molecule has 5 nitrogen and oxygen atoms in total. The van der Waals surface area contributed by atoms with Gasteiger partial charge >= 0.3 is 0 Å². The van der Waals surface area contributed by atoms with Crippen molar-refractivity contribution in [3.05, 3.63) is 28.7 Å². The zero-order valence-corrected chi connectivity index (χ0v) is 11.5. The number of ether oxygens (including phenoxy) is 2. The second-order valence-electron chi connectivity index (χ2n) is 3.71. The Bertz CT molecular complexity index is 567. The molecule has 1 aromatic rings. The lowest BCUT2D eigenvalue weighted by atomic mass is 10.2. The number of thioether (sulfide) groups is 1. The summed E-state index contributed by atoms with van der Waals surface area (Å²) in [6.07, 6.45) is 1.73. The maximum Gasteiger partial charge on any atom is 0.286 e. The van der Waals surface area contributed by atoms with Crippen molar-refractivity contribution in [1.29, 1.82) is 0 Å². The van der Waals surface area contributed by atoms with E-state index in [9.17, 15) is 4.79 Å². The first kappa shape index (κ1) is 13.5. The molecule has 1 heterocycles. The number of nitrogens with zero attached hydrogens (tertiary/aromatic N) is 1. The minimum atomic E-state index is -0.310. The number of aliphatic imine (C=N–C) groups is 1. The first-order chi connectivity index (χ1) is 9.13. The van der Waals surface area contributed by atoms with E-state index in [0.29, 0.717) is 23.0 Å². The third-order valence-corrected chi connectivity index (χ3v) is 3.24. The number of nitrogens with two attached hydrogens (primary N) is 1. The lowest BCUT2D eigenvalue weighted by Gasteiger charge is -2.09. The zero-order valence-electron chi connectivity index (χ0n) is 10.7. The number of hydrogen-bond acceptors (Lipinski definition) is 5. The summed E-state index contributed by atoms with van der Waals surface area (Å²) in [7, 11) is 1.57. The molecule has 6 heteroatoms. The highest BCUT2D eigenvalue weighted by atomic mass is 32.2. The lowest BCUT2D eigenvalue weighted by molar-refractivity contribution is -0.113. The van der Waals surface area contributed by atoms with E-state index < -0.39 is 0 Å². The van der Waals surface area contributed by atoms with Crippen molar-refractivity contribution in [2.45, 2.75) is 6.92 Å². The molecule has 0 saturated carbocycles. The summed E-state index contributed by atoms with van der Waals surface area (Å²) in [6.45, 7) is 2.47. The number of methoxy groups -OCH3 is 1. The Balaban J connectivity index is 2.27. The Hall–Kier alpha value is -1.95. The molecule has 2 N–H and O–H groups in total. The molecule has 1 aliphatic heterocycles. The SMILES string of the molecule is CCOc1ccc(/C=C2\SC(N)=NC2=O)cc1OC. The molecule has 0 radical (unpaired) electrons. The maximum atomic E-state index is 11.5. The third-order valence-electron chi connectivity index (χ3n) is 2.42. The molecule has 0 atom stereocenters. The number of amides is 1. The molecule has 100 valence electrons. The summed E-state index contributed by atoms with van der Waals surface area (Å²) in [6, 6.07) is 5.46. The van der Waals surface area contributed by atoms with Crippen LogP contribution in [0, 0.1) is 0 Å². The minimum absolute atomic E-state index is 0.272. The van der Waals surface area contributed by atoms with Gasteiger partial charge in [-0.25, -0.2) is 0 Å². The number of carbonyl (C=O) groups excluding carboxylic acids is 1. The Morgan fingerprint density at radius 3 is 2.79 bits per heavy atom. The van der Waals surface area contributed by atoms with Gasteiger partial charge in [0.25, 0.3) is 5.91 Å². The fourth-order valence-electron chi connectivity index (χ4n) is 1.63. The van der Waals surface area contributed by atoms with Crippen LogP contribution in [-0.2, 0) is 4.79 Å². The molecule has 0 fully saturated rings. The molecule has 0 saturated heterocycles. The number of rotatable bonds is 4. The molecule has 2 rings (SSSR count). The highest BCUT2D eigenvalue weighted by molar-refractivity contribution is 8.18. The van der Waals surface area contributed by atoms with Crippen LogP contribution in [-0.4, -0.2) is 24.8 Å².